The van der Waals surface area contributed by atoms with Crippen LogP contribution in [0.2, 0.25) is 0 Å². The van der Waals surface area contributed by atoms with E-state index in [0.717, 1.165) is 19.3 Å². The number of carbonyl (C=O) groups is 1. The number of aliphatic hydroxyl groups is 1. The molecule has 1 rings (SSSR count). The smallest absolute Gasteiger partial charge is 0.241 e. The number of sulfone groups is 1. The van der Waals surface area contributed by atoms with Gasteiger partial charge in [-0.3, -0.25) is 4.79 Å². The number of hydrogen-bond acceptors (Lipinski definition) is 4. The molecule has 1 aliphatic rings. The standard InChI is InChI=1S/C13H25NO4S/c1-3-11(4-2)14(8-9-15)13(16)12-7-5-6-10-19(12,17)18/h11-12,15H,3-10H2,1-2H3. The second-order valence-electron chi connectivity index (χ2n) is 5.08. The molecule has 1 aliphatic heterocycles. The monoisotopic (exact) mass is 291 g/mol. The maximum Gasteiger partial charge on any atom is 0.241 e. The fourth-order valence-corrected chi connectivity index (χ4v) is 4.59. The lowest BCUT2D eigenvalue weighted by molar-refractivity contribution is -0.134. The molecule has 0 aliphatic carbocycles. The molecule has 1 unspecified atom stereocenters. The Morgan fingerprint density at radius 3 is 2.42 bits per heavy atom. The predicted molar refractivity (Wildman–Crippen MR) is 74.6 cm³/mol. The molecule has 0 saturated carbocycles. The van der Waals surface area contributed by atoms with E-state index >= 15 is 0 Å². The molecule has 0 spiro atoms. The summed E-state index contributed by atoms with van der Waals surface area (Å²) in [7, 11) is -3.31. The zero-order valence-electron chi connectivity index (χ0n) is 11.8. The Labute approximate surface area is 115 Å². The van der Waals surface area contributed by atoms with E-state index in [1.165, 1.54) is 0 Å². The summed E-state index contributed by atoms with van der Waals surface area (Å²) >= 11 is 0. The van der Waals surface area contributed by atoms with Gasteiger partial charge in [0.2, 0.25) is 5.91 Å². The molecule has 19 heavy (non-hydrogen) atoms. The highest BCUT2D eigenvalue weighted by Crippen LogP contribution is 2.23. The molecule has 1 atom stereocenters. The summed E-state index contributed by atoms with van der Waals surface area (Å²) in [6.45, 7) is 4.04. The van der Waals surface area contributed by atoms with Crippen LogP contribution in [0.1, 0.15) is 46.0 Å². The minimum absolute atomic E-state index is 0.0109. The molecular weight excluding hydrogens is 266 g/mol. The number of nitrogens with zero attached hydrogens (tertiary/aromatic N) is 1. The Bertz CT molecular complexity index is 389. The maximum absolute atomic E-state index is 12.5. The highest BCUT2D eigenvalue weighted by Gasteiger charge is 2.38. The van der Waals surface area contributed by atoms with E-state index in [1.54, 1.807) is 4.90 Å². The van der Waals surface area contributed by atoms with E-state index < -0.39 is 15.1 Å². The van der Waals surface area contributed by atoms with Crippen LogP contribution in [0.5, 0.6) is 0 Å². The second-order valence-corrected chi connectivity index (χ2v) is 7.38. The molecule has 6 heteroatoms. The lowest BCUT2D eigenvalue weighted by Crippen LogP contribution is -2.50. The van der Waals surface area contributed by atoms with E-state index in [-0.39, 0.29) is 30.9 Å². The van der Waals surface area contributed by atoms with Crippen molar-refractivity contribution in [3.8, 4) is 0 Å². The normalized spacial score (nSPS) is 22.4. The van der Waals surface area contributed by atoms with Crippen LogP contribution in [0.25, 0.3) is 0 Å². The molecule has 1 fully saturated rings. The number of rotatable bonds is 6. The SMILES string of the molecule is CCC(CC)N(CCO)C(=O)C1CCCCS1(=O)=O. The van der Waals surface area contributed by atoms with Crippen molar-refractivity contribution in [2.75, 3.05) is 18.9 Å². The van der Waals surface area contributed by atoms with Gasteiger partial charge in [0, 0.05) is 12.6 Å². The average molecular weight is 291 g/mol. The molecule has 0 aromatic heterocycles. The van der Waals surface area contributed by atoms with Gasteiger partial charge >= 0.3 is 0 Å². The lowest BCUT2D eigenvalue weighted by Gasteiger charge is -2.34. The van der Waals surface area contributed by atoms with Crippen molar-refractivity contribution in [3.63, 3.8) is 0 Å². The Morgan fingerprint density at radius 2 is 1.95 bits per heavy atom. The molecule has 1 saturated heterocycles. The molecule has 1 N–H and O–H groups in total. The van der Waals surface area contributed by atoms with Crippen molar-refractivity contribution in [3.05, 3.63) is 0 Å². The van der Waals surface area contributed by atoms with Gasteiger partial charge in [0.1, 0.15) is 5.25 Å². The first-order valence-corrected chi connectivity index (χ1v) is 8.82. The van der Waals surface area contributed by atoms with Crippen molar-refractivity contribution in [2.45, 2.75) is 57.2 Å². The summed E-state index contributed by atoms with van der Waals surface area (Å²) in [6.07, 6.45) is 3.40. The fraction of sp³-hybridized carbons (Fsp3) is 0.923. The highest BCUT2D eigenvalue weighted by atomic mass is 32.2. The summed E-state index contributed by atoms with van der Waals surface area (Å²) in [5.41, 5.74) is 0. The second kappa shape index (κ2) is 7.24. The van der Waals surface area contributed by atoms with E-state index in [9.17, 15) is 13.2 Å². The minimum atomic E-state index is -3.31. The van der Waals surface area contributed by atoms with Crippen LogP contribution in [-0.2, 0) is 14.6 Å². The van der Waals surface area contributed by atoms with Crippen molar-refractivity contribution in [1.29, 1.82) is 0 Å². The third-order valence-electron chi connectivity index (χ3n) is 3.86. The van der Waals surface area contributed by atoms with Crippen LogP contribution in [0.15, 0.2) is 0 Å². The molecular formula is C13H25NO4S. The number of aliphatic hydroxyl groups excluding tert-OH is 1. The predicted octanol–water partition coefficient (Wildman–Crippen LogP) is 0.963. The molecule has 1 heterocycles. The van der Waals surface area contributed by atoms with Gasteiger partial charge in [-0.05, 0) is 25.7 Å². The topological polar surface area (TPSA) is 74.7 Å². The average Bonchev–Trinajstić information content (AvgIpc) is 2.38. The zero-order chi connectivity index (χ0) is 14.5. The van der Waals surface area contributed by atoms with E-state index in [4.69, 9.17) is 5.11 Å². The first-order valence-electron chi connectivity index (χ1n) is 7.10. The Morgan fingerprint density at radius 1 is 1.32 bits per heavy atom. The largest absolute Gasteiger partial charge is 0.395 e. The molecule has 0 aromatic carbocycles. The van der Waals surface area contributed by atoms with Crippen LogP contribution in [-0.4, -0.2) is 54.5 Å². The first kappa shape index (κ1) is 16.4. The van der Waals surface area contributed by atoms with Gasteiger partial charge in [-0.15, -0.1) is 0 Å². The summed E-state index contributed by atoms with van der Waals surface area (Å²) in [5, 5.41) is 8.22. The number of hydrogen-bond donors (Lipinski definition) is 1. The van der Waals surface area contributed by atoms with E-state index in [0.29, 0.717) is 12.8 Å². The third-order valence-corrected chi connectivity index (χ3v) is 6.02. The van der Waals surface area contributed by atoms with Gasteiger partial charge in [0.05, 0.1) is 12.4 Å². The highest BCUT2D eigenvalue weighted by molar-refractivity contribution is 7.92. The molecule has 1 amide bonds. The quantitative estimate of drug-likeness (QED) is 0.791. The Balaban J connectivity index is 2.92. The van der Waals surface area contributed by atoms with E-state index in [1.807, 2.05) is 13.8 Å². The molecule has 0 aromatic rings. The van der Waals surface area contributed by atoms with Crippen LogP contribution >= 0.6 is 0 Å². The Hall–Kier alpha value is -0.620. The van der Waals surface area contributed by atoms with Gasteiger partial charge in [-0.25, -0.2) is 8.42 Å². The maximum atomic E-state index is 12.5. The van der Waals surface area contributed by atoms with Gasteiger partial charge in [-0.1, -0.05) is 20.3 Å². The van der Waals surface area contributed by atoms with Gasteiger partial charge in [0.15, 0.2) is 9.84 Å². The van der Waals surface area contributed by atoms with E-state index in [2.05, 4.69) is 0 Å². The zero-order valence-corrected chi connectivity index (χ0v) is 12.7. The van der Waals surface area contributed by atoms with Crippen LogP contribution in [0, 0.1) is 0 Å². The first-order chi connectivity index (χ1) is 8.97. The van der Waals surface area contributed by atoms with Crippen LogP contribution in [0.3, 0.4) is 0 Å². The molecule has 0 bridgehead atoms. The number of amides is 1. The van der Waals surface area contributed by atoms with Crippen molar-refractivity contribution in [2.24, 2.45) is 0 Å². The van der Waals surface area contributed by atoms with Crippen molar-refractivity contribution < 1.29 is 18.3 Å². The third kappa shape index (κ3) is 3.92. The van der Waals surface area contributed by atoms with Crippen molar-refractivity contribution in [1.82, 2.24) is 4.90 Å². The summed E-state index contributed by atoms with van der Waals surface area (Å²) in [6, 6.07) is 0.0109. The van der Waals surface area contributed by atoms with Gasteiger partial charge in [-0.2, -0.15) is 0 Å². The lowest BCUT2D eigenvalue weighted by atomic mass is 10.1. The summed E-state index contributed by atoms with van der Waals surface area (Å²) < 4.78 is 24.0. The molecule has 0 radical (unpaired) electrons. The van der Waals surface area contributed by atoms with Gasteiger partial charge < -0.3 is 10.0 Å². The minimum Gasteiger partial charge on any atom is -0.395 e. The number of carbonyl (C=O) groups excluding carboxylic acids is 1. The van der Waals surface area contributed by atoms with Crippen molar-refractivity contribution >= 4 is 15.7 Å². The molecule has 5 nitrogen and oxygen atoms in total. The van der Waals surface area contributed by atoms with Gasteiger partial charge in [0.25, 0.3) is 0 Å². The van der Waals surface area contributed by atoms with Crippen LogP contribution < -0.4 is 0 Å². The van der Waals surface area contributed by atoms with Crippen LogP contribution in [0.4, 0.5) is 0 Å². The molecule has 112 valence electrons. The fourth-order valence-electron chi connectivity index (χ4n) is 2.73. The summed E-state index contributed by atoms with van der Waals surface area (Å²) in [4.78, 5) is 14.1. The summed E-state index contributed by atoms with van der Waals surface area (Å²) in [5.74, 6) is -0.207. The Kier molecular flexibility index (Phi) is 6.26.